The lowest BCUT2D eigenvalue weighted by molar-refractivity contribution is -0.166. The second-order valence-electron chi connectivity index (χ2n) is 8.46. The van der Waals surface area contributed by atoms with Crippen molar-refractivity contribution < 1.29 is 24.2 Å². The number of likely N-dealkylation sites (tertiary alicyclic amines) is 1. The molecule has 0 saturated carbocycles. The molecule has 2 aromatic carbocycles. The van der Waals surface area contributed by atoms with Crippen molar-refractivity contribution in [2.75, 3.05) is 19.7 Å². The number of rotatable bonds is 7. The van der Waals surface area contributed by atoms with Gasteiger partial charge in [-0.1, -0.05) is 54.6 Å². The summed E-state index contributed by atoms with van der Waals surface area (Å²) in [4.78, 5) is 38.0. The fourth-order valence-electron chi connectivity index (χ4n) is 4.62. The molecular weight excluding hydrogens is 408 g/mol. The SMILES string of the molecule is C=CCC1(C(=O)O)CN(C(=O)[C@@H](C)NC(=O)OCC2c3ccccc3-c3ccccc32)C1. The van der Waals surface area contributed by atoms with Crippen molar-refractivity contribution in [3.8, 4) is 11.1 Å². The minimum absolute atomic E-state index is 0.0652. The van der Waals surface area contributed by atoms with Crippen LogP contribution in [0.4, 0.5) is 4.79 Å². The highest BCUT2D eigenvalue weighted by Crippen LogP contribution is 2.44. The van der Waals surface area contributed by atoms with E-state index >= 15 is 0 Å². The Labute approximate surface area is 186 Å². The molecule has 7 nitrogen and oxygen atoms in total. The zero-order valence-electron chi connectivity index (χ0n) is 17.9. The quantitative estimate of drug-likeness (QED) is 0.651. The molecule has 2 aromatic rings. The molecule has 1 atom stereocenters. The largest absolute Gasteiger partial charge is 0.481 e. The van der Waals surface area contributed by atoms with Gasteiger partial charge in [-0.15, -0.1) is 6.58 Å². The highest BCUT2D eigenvalue weighted by Gasteiger charge is 2.51. The molecule has 0 radical (unpaired) electrons. The van der Waals surface area contributed by atoms with E-state index in [9.17, 15) is 19.5 Å². The third-order valence-corrected chi connectivity index (χ3v) is 6.34. The number of carbonyl (C=O) groups excluding carboxylic acids is 2. The molecule has 0 unspecified atom stereocenters. The number of carboxylic acid groups (broad SMARTS) is 1. The molecule has 1 saturated heterocycles. The van der Waals surface area contributed by atoms with E-state index in [-0.39, 0.29) is 31.5 Å². The summed E-state index contributed by atoms with van der Waals surface area (Å²) in [5, 5.41) is 12.0. The molecule has 166 valence electrons. The van der Waals surface area contributed by atoms with Crippen molar-refractivity contribution in [2.24, 2.45) is 5.41 Å². The molecule has 2 aliphatic rings. The summed E-state index contributed by atoms with van der Waals surface area (Å²) < 4.78 is 5.48. The van der Waals surface area contributed by atoms with Crippen molar-refractivity contribution in [3.05, 3.63) is 72.3 Å². The van der Waals surface area contributed by atoms with E-state index in [1.807, 2.05) is 36.4 Å². The molecule has 1 fully saturated rings. The van der Waals surface area contributed by atoms with Crippen molar-refractivity contribution in [1.29, 1.82) is 0 Å². The number of fused-ring (bicyclic) bond motifs is 3. The Kier molecular flexibility index (Phi) is 5.74. The van der Waals surface area contributed by atoms with E-state index in [2.05, 4.69) is 24.0 Å². The molecule has 1 heterocycles. The average Bonchev–Trinajstić information content (AvgIpc) is 3.07. The zero-order valence-corrected chi connectivity index (χ0v) is 17.9. The third kappa shape index (κ3) is 3.75. The van der Waals surface area contributed by atoms with E-state index in [4.69, 9.17) is 4.74 Å². The second-order valence-corrected chi connectivity index (χ2v) is 8.46. The van der Waals surface area contributed by atoms with Gasteiger partial charge < -0.3 is 20.1 Å². The molecule has 32 heavy (non-hydrogen) atoms. The van der Waals surface area contributed by atoms with Gasteiger partial charge >= 0.3 is 12.1 Å². The van der Waals surface area contributed by atoms with Crippen LogP contribution in [-0.4, -0.2) is 53.7 Å². The van der Waals surface area contributed by atoms with Crippen LogP contribution in [0.1, 0.15) is 30.4 Å². The van der Waals surface area contributed by atoms with E-state index in [1.165, 1.54) is 4.90 Å². The first kappa shape index (κ1) is 21.6. The Hall–Kier alpha value is -3.61. The Balaban J connectivity index is 1.33. The highest BCUT2D eigenvalue weighted by molar-refractivity contribution is 5.88. The summed E-state index contributed by atoms with van der Waals surface area (Å²) in [5.41, 5.74) is 3.51. The summed E-state index contributed by atoms with van der Waals surface area (Å²) in [6, 6.07) is 15.3. The topological polar surface area (TPSA) is 95.9 Å². The molecule has 4 rings (SSSR count). The van der Waals surface area contributed by atoms with E-state index < -0.39 is 23.5 Å². The Morgan fingerprint density at radius 3 is 2.25 bits per heavy atom. The summed E-state index contributed by atoms with van der Waals surface area (Å²) in [6.07, 6.45) is 1.16. The number of aliphatic carboxylic acids is 1. The summed E-state index contributed by atoms with van der Waals surface area (Å²) in [6.45, 7) is 5.52. The summed E-state index contributed by atoms with van der Waals surface area (Å²) in [5.74, 6) is -1.34. The van der Waals surface area contributed by atoms with Gasteiger partial charge in [0.2, 0.25) is 5.91 Å². The molecule has 1 aliphatic heterocycles. The van der Waals surface area contributed by atoms with Gasteiger partial charge in [0.1, 0.15) is 18.1 Å². The smallest absolute Gasteiger partial charge is 0.407 e. The first-order valence-corrected chi connectivity index (χ1v) is 10.6. The number of alkyl carbamates (subject to hydrolysis) is 1. The molecule has 0 spiro atoms. The fourth-order valence-corrected chi connectivity index (χ4v) is 4.62. The fraction of sp³-hybridized carbons (Fsp3) is 0.320. The van der Waals surface area contributed by atoms with Crippen molar-refractivity contribution >= 4 is 18.0 Å². The first-order valence-electron chi connectivity index (χ1n) is 10.6. The summed E-state index contributed by atoms with van der Waals surface area (Å²) >= 11 is 0. The van der Waals surface area contributed by atoms with Crippen LogP contribution < -0.4 is 5.32 Å². The van der Waals surface area contributed by atoms with Crippen LogP contribution in [0.25, 0.3) is 11.1 Å². The maximum atomic E-state index is 12.6. The van der Waals surface area contributed by atoms with Gasteiger partial charge in [-0.25, -0.2) is 4.79 Å². The maximum absolute atomic E-state index is 12.6. The number of allylic oxidation sites excluding steroid dienone is 1. The predicted octanol–water partition coefficient (Wildman–Crippen LogP) is 3.40. The first-order chi connectivity index (χ1) is 15.4. The normalized spacial score (nSPS) is 16.8. The van der Waals surface area contributed by atoms with Crippen LogP contribution in [-0.2, 0) is 14.3 Å². The van der Waals surface area contributed by atoms with Crippen LogP contribution in [0.15, 0.2) is 61.2 Å². The van der Waals surface area contributed by atoms with Crippen LogP contribution in [0.2, 0.25) is 0 Å². The van der Waals surface area contributed by atoms with E-state index in [1.54, 1.807) is 13.0 Å². The van der Waals surface area contributed by atoms with Crippen molar-refractivity contribution in [3.63, 3.8) is 0 Å². The molecule has 1 aliphatic carbocycles. The van der Waals surface area contributed by atoms with Gasteiger partial charge in [0.25, 0.3) is 0 Å². The van der Waals surface area contributed by atoms with Gasteiger partial charge in [0.15, 0.2) is 0 Å². The number of hydrogen-bond acceptors (Lipinski definition) is 4. The van der Waals surface area contributed by atoms with Gasteiger partial charge in [-0.3, -0.25) is 9.59 Å². The zero-order chi connectivity index (χ0) is 22.9. The van der Waals surface area contributed by atoms with Crippen LogP contribution >= 0.6 is 0 Å². The standard InChI is InChI=1S/C25H26N2O5/c1-3-12-25(23(29)30)14-27(15-25)22(28)16(2)26-24(31)32-13-21-19-10-6-4-8-17(19)18-9-5-7-11-20(18)21/h3-11,16,21H,1,12-15H2,2H3,(H,26,31)(H,29,30)/t16-/m1/s1. The maximum Gasteiger partial charge on any atom is 0.407 e. The number of ether oxygens (including phenoxy) is 1. The third-order valence-electron chi connectivity index (χ3n) is 6.34. The van der Waals surface area contributed by atoms with Gasteiger partial charge in [-0.2, -0.15) is 0 Å². The summed E-state index contributed by atoms with van der Waals surface area (Å²) in [7, 11) is 0. The number of amides is 2. The molecular formula is C25H26N2O5. The Morgan fingerprint density at radius 2 is 1.72 bits per heavy atom. The minimum Gasteiger partial charge on any atom is -0.481 e. The molecule has 2 N–H and O–H groups in total. The average molecular weight is 434 g/mol. The highest BCUT2D eigenvalue weighted by atomic mass is 16.5. The lowest BCUT2D eigenvalue weighted by atomic mass is 9.76. The molecule has 2 amide bonds. The van der Waals surface area contributed by atoms with Gasteiger partial charge in [0.05, 0.1) is 0 Å². The monoisotopic (exact) mass is 434 g/mol. The van der Waals surface area contributed by atoms with E-state index in [0.717, 1.165) is 22.3 Å². The molecule has 0 aromatic heterocycles. The molecule has 0 bridgehead atoms. The number of carboxylic acids is 1. The number of carbonyl (C=O) groups is 3. The van der Waals surface area contributed by atoms with Gasteiger partial charge in [-0.05, 0) is 35.6 Å². The minimum atomic E-state index is -0.985. The van der Waals surface area contributed by atoms with E-state index in [0.29, 0.717) is 6.42 Å². The second kappa shape index (κ2) is 8.49. The Morgan fingerprint density at radius 1 is 1.16 bits per heavy atom. The number of benzene rings is 2. The Bertz CT molecular complexity index is 1030. The van der Waals surface area contributed by atoms with Crippen LogP contribution in [0.5, 0.6) is 0 Å². The van der Waals surface area contributed by atoms with Crippen LogP contribution in [0, 0.1) is 5.41 Å². The number of hydrogen-bond donors (Lipinski definition) is 2. The van der Waals surface area contributed by atoms with Crippen LogP contribution in [0.3, 0.4) is 0 Å². The van der Waals surface area contributed by atoms with Crippen molar-refractivity contribution in [1.82, 2.24) is 10.2 Å². The lowest BCUT2D eigenvalue weighted by Gasteiger charge is -2.47. The van der Waals surface area contributed by atoms with Crippen molar-refractivity contribution in [2.45, 2.75) is 25.3 Å². The number of nitrogens with one attached hydrogen (secondary N) is 1. The van der Waals surface area contributed by atoms with Gasteiger partial charge in [0, 0.05) is 19.0 Å². The number of nitrogens with zero attached hydrogens (tertiary/aromatic N) is 1. The molecule has 7 heteroatoms. The predicted molar refractivity (Wildman–Crippen MR) is 119 cm³/mol. The lowest BCUT2D eigenvalue weighted by Crippen LogP contribution is -2.64.